The Labute approximate surface area is 201 Å². The van der Waals surface area contributed by atoms with Crippen molar-refractivity contribution < 1.29 is 14.0 Å². The van der Waals surface area contributed by atoms with Gasteiger partial charge in [0, 0.05) is 23.0 Å². The van der Waals surface area contributed by atoms with Crippen molar-refractivity contribution in [3.8, 4) is 11.1 Å². The lowest BCUT2D eigenvalue weighted by Gasteiger charge is -2.44. The summed E-state index contributed by atoms with van der Waals surface area (Å²) in [4.78, 5) is 28.7. The number of carbonyl (C=O) groups excluding carboxylic acids is 2. The molecule has 1 unspecified atom stereocenters. The predicted molar refractivity (Wildman–Crippen MR) is 134 cm³/mol. The van der Waals surface area contributed by atoms with E-state index in [2.05, 4.69) is 21.6 Å². The van der Waals surface area contributed by atoms with Gasteiger partial charge in [-0.1, -0.05) is 30.3 Å². The fourth-order valence-corrected chi connectivity index (χ4v) is 6.23. The SMILES string of the molecule is O=C(Nc1cccc(-c2cccc3cc(C(=O)NC4CN5CCC4CC5)sc23)c1)c1ccco1. The van der Waals surface area contributed by atoms with E-state index in [4.69, 9.17) is 4.42 Å². The number of hydrogen-bond acceptors (Lipinski definition) is 5. The molecule has 1 atom stereocenters. The maximum Gasteiger partial charge on any atom is 0.291 e. The van der Waals surface area contributed by atoms with E-state index in [1.807, 2.05) is 42.5 Å². The van der Waals surface area contributed by atoms with Gasteiger partial charge in [0.1, 0.15) is 0 Å². The lowest BCUT2D eigenvalue weighted by atomic mass is 9.84. The van der Waals surface area contributed by atoms with Crippen LogP contribution >= 0.6 is 11.3 Å². The largest absolute Gasteiger partial charge is 0.459 e. The monoisotopic (exact) mass is 471 g/mol. The van der Waals surface area contributed by atoms with Gasteiger partial charge in [-0.05, 0) is 78.7 Å². The molecule has 6 nitrogen and oxygen atoms in total. The molecule has 7 heteroatoms. The van der Waals surface area contributed by atoms with Crippen LogP contribution in [0.15, 0.2) is 71.3 Å². The Bertz CT molecular complexity index is 1350. The van der Waals surface area contributed by atoms with Gasteiger partial charge in [-0.3, -0.25) is 9.59 Å². The number of benzene rings is 2. The van der Waals surface area contributed by atoms with Crippen LogP contribution in [0, 0.1) is 5.92 Å². The van der Waals surface area contributed by atoms with E-state index >= 15 is 0 Å². The van der Waals surface area contributed by atoms with Gasteiger partial charge in [-0.2, -0.15) is 0 Å². The van der Waals surface area contributed by atoms with Gasteiger partial charge in [0.05, 0.1) is 11.1 Å². The van der Waals surface area contributed by atoms with E-state index < -0.39 is 0 Å². The van der Waals surface area contributed by atoms with Gasteiger partial charge >= 0.3 is 0 Å². The summed E-state index contributed by atoms with van der Waals surface area (Å²) in [6.45, 7) is 3.28. The normalized spacial score (nSPS) is 21.5. The van der Waals surface area contributed by atoms with E-state index in [-0.39, 0.29) is 23.6 Å². The Morgan fingerprint density at radius 2 is 1.82 bits per heavy atom. The van der Waals surface area contributed by atoms with E-state index in [0.717, 1.165) is 45.7 Å². The van der Waals surface area contributed by atoms with Gasteiger partial charge in [0.2, 0.25) is 0 Å². The van der Waals surface area contributed by atoms with Crippen molar-refractivity contribution in [2.45, 2.75) is 18.9 Å². The minimum Gasteiger partial charge on any atom is -0.459 e. The molecule has 3 aliphatic heterocycles. The molecule has 3 aliphatic rings. The zero-order valence-electron chi connectivity index (χ0n) is 18.6. The van der Waals surface area contributed by atoms with Crippen LogP contribution in [0.5, 0.6) is 0 Å². The fraction of sp³-hybridized carbons (Fsp3) is 0.259. The number of carbonyl (C=O) groups is 2. The molecule has 2 bridgehead atoms. The minimum absolute atomic E-state index is 0.0189. The number of nitrogens with zero attached hydrogens (tertiary/aromatic N) is 1. The van der Waals surface area contributed by atoms with E-state index in [0.29, 0.717) is 11.6 Å². The third-order valence-corrected chi connectivity index (χ3v) is 8.10. The molecule has 3 fully saturated rings. The molecule has 5 heterocycles. The van der Waals surface area contributed by atoms with E-state index in [1.54, 1.807) is 12.1 Å². The van der Waals surface area contributed by atoms with Crippen LogP contribution in [0.2, 0.25) is 0 Å². The maximum atomic E-state index is 13.1. The van der Waals surface area contributed by atoms with Gasteiger partial charge in [-0.15, -0.1) is 11.3 Å². The molecule has 0 aliphatic carbocycles. The van der Waals surface area contributed by atoms with Gasteiger partial charge < -0.3 is 20.0 Å². The Morgan fingerprint density at radius 3 is 2.59 bits per heavy atom. The maximum absolute atomic E-state index is 13.1. The molecule has 0 spiro atoms. The first-order valence-corrected chi connectivity index (χ1v) is 12.5. The zero-order valence-corrected chi connectivity index (χ0v) is 19.4. The molecular weight excluding hydrogens is 446 g/mol. The Morgan fingerprint density at radius 1 is 0.971 bits per heavy atom. The van der Waals surface area contributed by atoms with Crippen LogP contribution in [0.3, 0.4) is 0 Å². The van der Waals surface area contributed by atoms with Crippen LogP contribution < -0.4 is 10.6 Å². The summed E-state index contributed by atoms with van der Waals surface area (Å²) in [6.07, 6.45) is 3.83. The highest BCUT2D eigenvalue weighted by Crippen LogP contribution is 2.36. The summed E-state index contributed by atoms with van der Waals surface area (Å²) >= 11 is 1.53. The molecule has 2 aromatic heterocycles. The minimum atomic E-state index is -0.289. The standard InChI is InChI=1S/C27H25N3O3S/c31-26(23-8-3-13-33-23)28-20-6-1-4-18(14-20)21-7-2-5-19-15-24(34-25(19)21)27(32)29-22-16-30-11-9-17(22)10-12-30/h1-8,13-15,17,22H,9-12,16H2,(H,28,31)(H,29,32). The van der Waals surface area contributed by atoms with Gasteiger partial charge in [0.25, 0.3) is 11.8 Å². The summed E-state index contributed by atoms with van der Waals surface area (Å²) in [5, 5.41) is 7.24. The molecule has 34 heavy (non-hydrogen) atoms. The Balaban J connectivity index is 1.25. The molecule has 2 amide bonds. The smallest absolute Gasteiger partial charge is 0.291 e. The number of nitrogens with one attached hydrogen (secondary N) is 2. The summed E-state index contributed by atoms with van der Waals surface area (Å²) in [5.41, 5.74) is 2.71. The number of anilines is 1. The summed E-state index contributed by atoms with van der Waals surface area (Å²) in [5.74, 6) is 0.593. The topological polar surface area (TPSA) is 74.6 Å². The number of thiophene rings is 1. The lowest BCUT2D eigenvalue weighted by Crippen LogP contribution is -2.57. The first-order chi connectivity index (χ1) is 16.6. The quantitative estimate of drug-likeness (QED) is 0.418. The molecule has 2 N–H and O–H groups in total. The molecule has 4 aromatic rings. The van der Waals surface area contributed by atoms with Crippen molar-refractivity contribution in [2.24, 2.45) is 5.92 Å². The van der Waals surface area contributed by atoms with E-state index in [1.165, 1.54) is 30.4 Å². The molecule has 2 aromatic carbocycles. The zero-order chi connectivity index (χ0) is 23.1. The number of piperidine rings is 3. The van der Waals surface area contributed by atoms with Crippen molar-refractivity contribution in [1.82, 2.24) is 10.2 Å². The number of hydrogen-bond donors (Lipinski definition) is 2. The van der Waals surface area contributed by atoms with Crippen LogP contribution in [-0.2, 0) is 0 Å². The van der Waals surface area contributed by atoms with Crippen LogP contribution in [0.1, 0.15) is 33.1 Å². The molecule has 172 valence electrons. The third-order valence-electron chi connectivity index (χ3n) is 6.92. The van der Waals surface area contributed by atoms with Gasteiger partial charge in [-0.25, -0.2) is 0 Å². The number of amides is 2. The second-order valence-corrected chi connectivity index (χ2v) is 10.1. The molecule has 7 rings (SSSR count). The van der Waals surface area contributed by atoms with Crippen LogP contribution in [0.25, 0.3) is 21.2 Å². The highest BCUT2D eigenvalue weighted by Gasteiger charge is 2.35. The third kappa shape index (κ3) is 4.02. The molecule has 0 radical (unpaired) electrons. The average molecular weight is 472 g/mol. The number of fused-ring (bicyclic) bond motifs is 4. The molecular formula is C27H25N3O3S. The Hall–Kier alpha value is -3.42. The highest BCUT2D eigenvalue weighted by atomic mass is 32.1. The van der Waals surface area contributed by atoms with E-state index in [9.17, 15) is 9.59 Å². The fourth-order valence-electron chi connectivity index (χ4n) is 5.14. The second kappa shape index (κ2) is 8.74. The van der Waals surface area contributed by atoms with Gasteiger partial charge in [0.15, 0.2) is 5.76 Å². The van der Waals surface area contributed by atoms with Crippen molar-refractivity contribution in [3.63, 3.8) is 0 Å². The predicted octanol–water partition coefficient (Wildman–Crippen LogP) is 5.24. The number of furan rings is 1. The molecule has 0 saturated carbocycles. The average Bonchev–Trinajstić information content (AvgIpc) is 3.55. The number of rotatable bonds is 5. The first-order valence-electron chi connectivity index (χ1n) is 11.6. The van der Waals surface area contributed by atoms with Crippen LogP contribution in [0.4, 0.5) is 5.69 Å². The second-order valence-electron chi connectivity index (χ2n) is 9.06. The van der Waals surface area contributed by atoms with Crippen LogP contribution in [-0.4, -0.2) is 42.4 Å². The van der Waals surface area contributed by atoms with Crippen molar-refractivity contribution in [3.05, 3.63) is 77.6 Å². The van der Waals surface area contributed by atoms with Crippen molar-refractivity contribution in [1.29, 1.82) is 0 Å². The van der Waals surface area contributed by atoms with Crippen molar-refractivity contribution >= 4 is 38.9 Å². The first kappa shape index (κ1) is 21.1. The lowest BCUT2D eigenvalue weighted by molar-refractivity contribution is 0.0622. The van der Waals surface area contributed by atoms with Crippen molar-refractivity contribution in [2.75, 3.05) is 25.0 Å². The summed E-state index contributed by atoms with van der Waals surface area (Å²) < 4.78 is 6.25. The summed E-state index contributed by atoms with van der Waals surface area (Å²) in [7, 11) is 0. The highest BCUT2D eigenvalue weighted by molar-refractivity contribution is 7.21. The molecule has 3 saturated heterocycles. The summed E-state index contributed by atoms with van der Waals surface area (Å²) in [6, 6.07) is 19.4. The Kier molecular flexibility index (Phi) is 5.43.